The number of aromatic nitrogens is 2. The minimum Gasteiger partial charge on any atom is -0.454 e. The average Bonchev–Trinajstić information content (AvgIpc) is 4.30. The van der Waals surface area contributed by atoms with E-state index in [1.54, 1.807) is 0 Å². The van der Waals surface area contributed by atoms with E-state index >= 15 is 0 Å². The number of hydrogen-bond acceptors (Lipinski definition) is 3. The van der Waals surface area contributed by atoms with Crippen LogP contribution in [-0.4, -0.2) is 15.8 Å². The lowest BCUT2D eigenvalue weighted by molar-refractivity contribution is 0.589. The fourth-order valence-corrected chi connectivity index (χ4v) is 14.7. The van der Waals surface area contributed by atoms with Crippen molar-refractivity contribution < 1.29 is 4.42 Å². The van der Waals surface area contributed by atoms with Gasteiger partial charge in [0.2, 0.25) is 6.71 Å². The summed E-state index contributed by atoms with van der Waals surface area (Å²) in [4.78, 5) is 5.23. The van der Waals surface area contributed by atoms with Crippen molar-refractivity contribution >= 4 is 117 Å². The first-order valence-electron chi connectivity index (χ1n) is 28.3. The van der Waals surface area contributed by atoms with E-state index in [9.17, 15) is 0 Å². The first-order valence-corrected chi connectivity index (χ1v) is 29.1. The van der Waals surface area contributed by atoms with Gasteiger partial charge in [0.25, 0.3) is 0 Å². The molecule has 3 aromatic heterocycles. The van der Waals surface area contributed by atoms with E-state index in [2.05, 4.69) is 272 Å². The summed E-state index contributed by atoms with van der Waals surface area (Å²) in [6.45, 7) is 9.35. The normalized spacial score (nSPS) is 13.1. The Morgan fingerprint density at radius 1 is 0.450 bits per heavy atom. The van der Waals surface area contributed by atoms with Gasteiger partial charge in [-0.05, 0) is 141 Å². The van der Waals surface area contributed by atoms with Crippen LogP contribution >= 0.6 is 11.8 Å². The maximum Gasteiger partial charge on any atom is 0.249 e. The second kappa shape index (κ2) is 18.0. The zero-order chi connectivity index (χ0) is 53.4. The molecule has 14 aromatic rings. The van der Waals surface area contributed by atoms with Crippen molar-refractivity contribution in [2.24, 2.45) is 0 Å². The molecule has 2 aliphatic heterocycles. The van der Waals surface area contributed by atoms with Crippen LogP contribution in [0.4, 0.5) is 17.1 Å². The highest BCUT2D eigenvalue weighted by molar-refractivity contribution is 8.00. The lowest BCUT2D eigenvalue weighted by Crippen LogP contribution is -2.60. The predicted molar refractivity (Wildman–Crippen MR) is 340 cm³/mol. The molecule has 0 amide bonds. The fourth-order valence-electron chi connectivity index (χ4n) is 13.4. The van der Waals surface area contributed by atoms with Gasteiger partial charge in [-0.25, -0.2) is 0 Å². The summed E-state index contributed by atoms with van der Waals surface area (Å²) in [6.07, 6.45) is 3.09. The second-order valence-electron chi connectivity index (χ2n) is 23.0. The van der Waals surface area contributed by atoms with Gasteiger partial charge in [-0.1, -0.05) is 203 Å². The third-order valence-corrected chi connectivity index (χ3v) is 18.4. The first kappa shape index (κ1) is 47.1. The van der Waals surface area contributed by atoms with Crippen LogP contribution in [0.15, 0.2) is 245 Å². The van der Waals surface area contributed by atoms with Crippen LogP contribution in [0.25, 0.3) is 99.2 Å². The molecule has 5 heterocycles. The van der Waals surface area contributed by atoms with Crippen molar-refractivity contribution in [2.75, 3.05) is 4.90 Å². The highest BCUT2D eigenvalue weighted by Crippen LogP contribution is 2.50. The molecule has 0 unspecified atom stereocenters. The third kappa shape index (κ3) is 7.18. The number of benzene rings is 11. The molecule has 11 aromatic carbocycles. The molecule has 6 heteroatoms. The molecule has 0 spiro atoms. The van der Waals surface area contributed by atoms with Crippen molar-refractivity contribution in [2.45, 2.75) is 62.2 Å². The first-order chi connectivity index (χ1) is 39.3. The molecule has 0 radical (unpaired) electrons. The van der Waals surface area contributed by atoms with Crippen LogP contribution in [0.1, 0.15) is 51.7 Å². The minimum atomic E-state index is -0.142. The van der Waals surface area contributed by atoms with E-state index in [1.165, 1.54) is 115 Å². The smallest absolute Gasteiger partial charge is 0.249 e. The fraction of sp³-hybridized carbons (Fsp3) is 0.108. The Balaban J connectivity index is 0.959. The quantitative estimate of drug-likeness (QED) is 0.142. The van der Waals surface area contributed by atoms with Crippen molar-refractivity contribution in [1.29, 1.82) is 0 Å². The van der Waals surface area contributed by atoms with E-state index in [0.29, 0.717) is 0 Å². The number of anilines is 3. The molecule has 80 heavy (non-hydrogen) atoms. The number of unbranched alkanes of at least 4 members (excludes halogenated alkanes) is 1. The van der Waals surface area contributed by atoms with Crippen molar-refractivity contribution in [3.8, 4) is 33.6 Å². The van der Waals surface area contributed by atoms with Crippen molar-refractivity contribution in [1.82, 2.24) is 9.13 Å². The van der Waals surface area contributed by atoms with Crippen LogP contribution in [0.3, 0.4) is 0 Å². The highest BCUT2D eigenvalue weighted by Gasteiger charge is 2.43. The molecule has 0 saturated heterocycles. The summed E-state index contributed by atoms with van der Waals surface area (Å²) in [5.74, 6) is 0. The second-order valence-corrected chi connectivity index (χ2v) is 24.1. The molecule has 4 nitrogen and oxygen atoms in total. The number of fused-ring (bicyclic) bond motifs is 13. The molecule has 0 bridgehead atoms. The van der Waals surface area contributed by atoms with Crippen LogP contribution in [-0.2, 0) is 11.8 Å². The van der Waals surface area contributed by atoms with Crippen LogP contribution in [0.5, 0.6) is 0 Å². The Labute approximate surface area is 470 Å². The van der Waals surface area contributed by atoms with E-state index in [1.807, 2.05) is 11.8 Å². The van der Waals surface area contributed by atoms with Gasteiger partial charge in [-0.3, -0.25) is 0 Å². The van der Waals surface area contributed by atoms with Crippen LogP contribution in [0.2, 0.25) is 0 Å². The molecule has 0 N–H and O–H groups in total. The van der Waals surface area contributed by atoms with E-state index < -0.39 is 0 Å². The lowest BCUT2D eigenvalue weighted by atomic mass is 9.34. The molecule has 16 rings (SSSR count). The van der Waals surface area contributed by atoms with E-state index in [4.69, 9.17) is 4.42 Å². The summed E-state index contributed by atoms with van der Waals surface area (Å²) < 4.78 is 12.2. The molecular weight excluding hydrogens is 990 g/mol. The lowest BCUT2D eigenvalue weighted by Gasteiger charge is -2.42. The monoisotopic (exact) mass is 1050 g/mol. The zero-order valence-electron chi connectivity index (χ0n) is 45.3. The van der Waals surface area contributed by atoms with E-state index in [-0.39, 0.29) is 12.1 Å². The van der Waals surface area contributed by atoms with Crippen LogP contribution in [0, 0.1) is 0 Å². The molecular formula is C74H56BN3OS. The van der Waals surface area contributed by atoms with Gasteiger partial charge in [0, 0.05) is 64.9 Å². The largest absolute Gasteiger partial charge is 0.454 e. The molecule has 0 aliphatic carbocycles. The van der Waals surface area contributed by atoms with Crippen molar-refractivity contribution in [3.63, 3.8) is 0 Å². The summed E-state index contributed by atoms with van der Waals surface area (Å²) in [7, 11) is 0. The number of nitrogens with zero attached hydrogens (tertiary/aromatic N) is 3. The number of aryl methyl sites for hydroxylation is 1. The summed E-state index contributed by atoms with van der Waals surface area (Å²) in [5, 5.41) is 7.27. The maximum atomic E-state index is 7.19. The Bertz CT molecular complexity index is 4850. The van der Waals surface area contributed by atoms with Gasteiger partial charge in [0.15, 0.2) is 5.58 Å². The Morgan fingerprint density at radius 2 is 1.02 bits per heavy atom. The SMILES string of the molecule is CCCCc1ccc2c(oc3ccccc32)c1N1c2cc(-n3c4ccccc4c4cc(-c5ccccc5)ccc43)ccc2B2c3ccc(-n4c5ccccc5c5cc(-c6ccccc6)ccc54)cc3Sc3cc(C(C)(C)C)cc1c32. The molecule has 0 saturated carbocycles. The van der Waals surface area contributed by atoms with Gasteiger partial charge in [0.05, 0.1) is 27.8 Å². The average molecular weight is 1050 g/mol. The Morgan fingerprint density at radius 3 is 1.66 bits per heavy atom. The summed E-state index contributed by atoms with van der Waals surface area (Å²) >= 11 is 1.94. The standard InChI is InChI=1S/C74H56BN3OS/c1-5-6-19-48-30-35-57-56-26-15-18-29-68(56)79-73(57)72(48)78-66-44-52(76-62-27-16-13-24-54(62)58-40-49(31-38-64(58)76)46-20-9-7-10-21-46)33-36-60(66)75-61-37-34-53(45-69(61)80-70-43-51(74(2,3)4)42-67(78)71(70)75)77-63-28-17-14-25-55(63)59-41-50(32-39-65(59)77)47-22-11-8-12-23-47/h7-18,20-45H,5-6,19H2,1-4H3. The molecule has 0 atom stereocenters. The van der Waals surface area contributed by atoms with E-state index in [0.717, 1.165) is 58.3 Å². The molecule has 0 fully saturated rings. The topological polar surface area (TPSA) is 26.2 Å². The van der Waals surface area contributed by atoms with Gasteiger partial charge >= 0.3 is 0 Å². The van der Waals surface area contributed by atoms with Gasteiger partial charge < -0.3 is 18.5 Å². The highest BCUT2D eigenvalue weighted by atomic mass is 32.2. The molecule has 382 valence electrons. The number of rotatable bonds is 8. The van der Waals surface area contributed by atoms with Crippen molar-refractivity contribution in [3.05, 3.63) is 242 Å². The van der Waals surface area contributed by atoms with Gasteiger partial charge in [-0.2, -0.15) is 0 Å². The minimum absolute atomic E-state index is 0.0354. The Hall–Kier alpha value is -8.97. The molecule has 2 aliphatic rings. The third-order valence-electron chi connectivity index (χ3n) is 17.3. The maximum absolute atomic E-state index is 7.19. The number of hydrogen-bond donors (Lipinski definition) is 0. The summed E-state index contributed by atoms with van der Waals surface area (Å²) in [6, 6.07) is 86.3. The Kier molecular flexibility index (Phi) is 10.6. The number of furan rings is 1. The number of para-hydroxylation sites is 3. The van der Waals surface area contributed by atoms with Gasteiger partial charge in [0.1, 0.15) is 5.58 Å². The zero-order valence-corrected chi connectivity index (χ0v) is 46.1. The predicted octanol–water partition coefficient (Wildman–Crippen LogP) is 18.5. The van der Waals surface area contributed by atoms with Crippen LogP contribution < -0.4 is 21.3 Å². The summed E-state index contributed by atoms with van der Waals surface area (Å²) in [5.41, 5.74) is 23.7. The van der Waals surface area contributed by atoms with Gasteiger partial charge in [-0.15, -0.1) is 0 Å².